The molecule has 0 spiro atoms. The molecule has 0 aliphatic carbocycles. The van der Waals surface area contributed by atoms with Crippen molar-refractivity contribution < 1.29 is 4.57 Å². The molecule has 0 saturated carbocycles. The standard InChI is InChI=1S/C15H19N2/c1-5-16-12(2)13(3)17(14(16)4)11-15-9-7-6-8-10-15/h5-10H,1,11H2,2-4H3/q+1. The summed E-state index contributed by atoms with van der Waals surface area (Å²) in [4.78, 5) is 0. The average molecular weight is 227 g/mol. The zero-order chi connectivity index (χ0) is 12.4. The van der Waals surface area contributed by atoms with Crippen LogP contribution in [0.25, 0.3) is 6.20 Å². The van der Waals surface area contributed by atoms with Gasteiger partial charge < -0.3 is 0 Å². The molecule has 2 aromatic rings. The summed E-state index contributed by atoms with van der Waals surface area (Å²) in [5.74, 6) is 1.22. The van der Waals surface area contributed by atoms with Crippen LogP contribution in [0, 0.1) is 20.8 Å². The van der Waals surface area contributed by atoms with Crippen LogP contribution in [0.5, 0.6) is 0 Å². The molecule has 17 heavy (non-hydrogen) atoms. The zero-order valence-corrected chi connectivity index (χ0v) is 10.8. The van der Waals surface area contributed by atoms with Gasteiger partial charge >= 0.3 is 0 Å². The van der Waals surface area contributed by atoms with E-state index in [1.807, 2.05) is 12.3 Å². The van der Waals surface area contributed by atoms with E-state index in [1.54, 1.807) is 0 Å². The minimum atomic E-state index is 0.917. The molecule has 88 valence electrons. The summed E-state index contributed by atoms with van der Waals surface area (Å²) >= 11 is 0. The van der Waals surface area contributed by atoms with Crippen LogP contribution in [-0.2, 0) is 6.54 Å². The number of hydrogen-bond donors (Lipinski definition) is 0. The van der Waals surface area contributed by atoms with Crippen LogP contribution in [0.4, 0.5) is 0 Å². The highest BCUT2D eigenvalue weighted by Gasteiger charge is 2.20. The Morgan fingerprint density at radius 3 is 2.35 bits per heavy atom. The third-order valence-corrected chi connectivity index (χ3v) is 3.40. The van der Waals surface area contributed by atoms with E-state index < -0.39 is 0 Å². The molecule has 0 N–H and O–H groups in total. The van der Waals surface area contributed by atoms with Crippen LogP contribution in [0.1, 0.15) is 22.8 Å². The van der Waals surface area contributed by atoms with Gasteiger partial charge in [-0.1, -0.05) is 36.9 Å². The lowest BCUT2D eigenvalue weighted by Gasteiger charge is -2.01. The van der Waals surface area contributed by atoms with Gasteiger partial charge in [0.1, 0.15) is 17.9 Å². The Morgan fingerprint density at radius 2 is 1.82 bits per heavy atom. The fourth-order valence-electron chi connectivity index (χ4n) is 2.25. The minimum Gasteiger partial charge on any atom is -0.227 e. The van der Waals surface area contributed by atoms with Gasteiger partial charge in [0.2, 0.25) is 0 Å². The van der Waals surface area contributed by atoms with Crippen molar-refractivity contribution in [3.8, 4) is 0 Å². The van der Waals surface area contributed by atoms with Crippen LogP contribution in [-0.4, -0.2) is 4.57 Å². The minimum absolute atomic E-state index is 0.917. The van der Waals surface area contributed by atoms with Gasteiger partial charge in [-0.25, -0.2) is 9.13 Å². The van der Waals surface area contributed by atoms with Gasteiger partial charge in [-0.15, -0.1) is 0 Å². The molecule has 0 fully saturated rings. The zero-order valence-electron chi connectivity index (χ0n) is 10.8. The topological polar surface area (TPSA) is 8.81 Å². The summed E-state index contributed by atoms with van der Waals surface area (Å²) in [5.41, 5.74) is 3.88. The van der Waals surface area contributed by atoms with Crippen LogP contribution in [0.3, 0.4) is 0 Å². The average Bonchev–Trinajstić information content (AvgIpc) is 2.55. The van der Waals surface area contributed by atoms with E-state index in [-0.39, 0.29) is 0 Å². The van der Waals surface area contributed by atoms with Crippen molar-refractivity contribution >= 4 is 6.20 Å². The summed E-state index contributed by atoms with van der Waals surface area (Å²) < 4.78 is 4.46. The van der Waals surface area contributed by atoms with E-state index in [0.717, 1.165) is 6.54 Å². The molecular weight excluding hydrogens is 208 g/mol. The molecule has 1 aromatic carbocycles. The first kappa shape index (κ1) is 11.6. The molecule has 2 rings (SSSR count). The smallest absolute Gasteiger partial charge is 0.227 e. The van der Waals surface area contributed by atoms with E-state index in [1.165, 1.54) is 22.8 Å². The fourth-order valence-corrected chi connectivity index (χ4v) is 2.25. The third-order valence-electron chi connectivity index (χ3n) is 3.40. The molecule has 0 bridgehead atoms. The summed E-state index contributed by atoms with van der Waals surface area (Å²) in [5, 5.41) is 0. The van der Waals surface area contributed by atoms with Crippen molar-refractivity contribution in [1.82, 2.24) is 4.57 Å². The lowest BCUT2D eigenvalue weighted by atomic mass is 10.2. The monoisotopic (exact) mass is 227 g/mol. The molecule has 1 aromatic heterocycles. The molecule has 0 radical (unpaired) electrons. The molecule has 0 unspecified atom stereocenters. The molecule has 2 nitrogen and oxygen atoms in total. The summed E-state index contributed by atoms with van der Waals surface area (Å²) in [7, 11) is 0. The molecule has 2 heteroatoms. The SMILES string of the molecule is C=Cn1c(C)c(C)[n+](Cc2ccccc2)c1C. The first-order valence-electron chi connectivity index (χ1n) is 5.89. The van der Waals surface area contributed by atoms with E-state index in [2.05, 4.69) is 60.7 Å². The lowest BCUT2D eigenvalue weighted by molar-refractivity contribution is -0.699. The van der Waals surface area contributed by atoms with E-state index in [0.29, 0.717) is 0 Å². The van der Waals surface area contributed by atoms with Gasteiger partial charge in [-0.05, 0) is 5.56 Å². The number of aromatic nitrogens is 2. The second-order valence-corrected chi connectivity index (χ2v) is 4.34. The maximum Gasteiger partial charge on any atom is 0.258 e. The van der Waals surface area contributed by atoms with Gasteiger partial charge in [0.15, 0.2) is 0 Å². The molecule has 1 heterocycles. The highest BCUT2D eigenvalue weighted by atomic mass is 15.2. The Labute approximate surface area is 103 Å². The van der Waals surface area contributed by atoms with Crippen molar-refractivity contribution in [3.05, 3.63) is 59.7 Å². The molecule has 0 aliphatic heterocycles. The third kappa shape index (κ3) is 2.03. The van der Waals surface area contributed by atoms with Crippen LogP contribution >= 0.6 is 0 Å². The number of nitrogens with zero attached hydrogens (tertiary/aromatic N) is 2. The first-order chi connectivity index (χ1) is 8.15. The van der Waals surface area contributed by atoms with E-state index in [4.69, 9.17) is 0 Å². The maximum atomic E-state index is 3.86. The van der Waals surface area contributed by atoms with Gasteiger partial charge in [0.25, 0.3) is 5.82 Å². The predicted molar refractivity (Wildman–Crippen MR) is 70.8 cm³/mol. The van der Waals surface area contributed by atoms with Crippen molar-refractivity contribution in [2.75, 3.05) is 0 Å². The maximum absolute atomic E-state index is 3.86. The molecular formula is C15H19N2+. The van der Waals surface area contributed by atoms with Gasteiger partial charge in [-0.2, -0.15) is 0 Å². The van der Waals surface area contributed by atoms with Crippen molar-refractivity contribution in [1.29, 1.82) is 0 Å². The number of imidazole rings is 1. The predicted octanol–water partition coefficient (Wildman–Crippen LogP) is 2.85. The second-order valence-electron chi connectivity index (χ2n) is 4.34. The van der Waals surface area contributed by atoms with Crippen molar-refractivity contribution in [2.24, 2.45) is 0 Å². The van der Waals surface area contributed by atoms with Gasteiger partial charge in [-0.3, -0.25) is 0 Å². The normalized spacial score (nSPS) is 10.5. The summed E-state index contributed by atoms with van der Waals surface area (Å²) in [6, 6.07) is 10.5. The Hall–Kier alpha value is -1.83. The van der Waals surface area contributed by atoms with Crippen LogP contribution in [0.2, 0.25) is 0 Å². The fraction of sp³-hybridized carbons (Fsp3) is 0.267. The molecule has 0 saturated heterocycles. The highest BCUT2D eigenvalue weighted by molar-refractivity contribution is 5.25. The summed E-state index contributed by atoms with van der Waals surface area (Å²) in [6.45, 7) is 11.2. The quantitative estimate of drug-likeness (QED) is 0.713. The van der Waals surface area contributed by atoms with E-state index >= 15 is 0 Å². The van der Waals surface area contributed by atoms with Crippen LogP contribution < -0.4 is 4.57 Å². The number of rotatable bonds is 3. The summed E-state index contributed by atoms with van der Waals surface area (Å²) in [6.07, 6.45) is 1.87. The van der Waals surface area contributed by atoms with Gasteiger partial charge in [0.05, 0.1) is 6.20 Å². The largest absolute Gasteiger partial charge is 0.258 e. The lowest BCUT2D eigenvalue weighted by Crippen LogP contribution is -2.38. The molecule has 0 atom stereocenters. The highest BCUT2D eigenvalue weighted by Crippen LogP contribution is 2.09. The van der Waals surface area contributed by atoms with Crippen molar-refractivity contribution in [2.45, 2.75) is 27.3 Å². The first-order valence-corrected chi connectivity index (χ1v) is 5.89. The Kier molecular flexibility index (Phi) is 3.14. The second kappa shape index (κ2) is 4.58. The number of benzene rings is 1. The Morgan fingerprint density at radius 1 is 1.18 bits per heavy atom. The van der Waals surface area contributed by atoms with Gasteiger partial charge in [0, 0.05) is 20.8 Å². The Balaban J connectivity index is 2.43. The van der Waals surface area contributed by atoms with Crippen molar-refractivity contribution in [3.63, 3.8) is 0 Å². The van der Waals surface area contributed by atoms with Crippen LogP contribution in [0.15, 0.2) is 36.9 Å². The molecule has 0 amide bonds. The van der Waals surface area contributed by atoms with E-state index in [9.17, 15) is 0 Å². The Bertz CT molecular complexity index is 536. The molecule has 0 aliphatic rings. The number of hydrogen-bond acceptors (Lipinski definition) is 0.